The molecule has 4 rings (SSSR count). The lowest BCUT2D eigenvalue weighted by atomic mass is 10.2. The highest BCUT2D eigenvalue weighted by atomic mass is 35.5. The Bertz CT molecular complexity index is 1050. The highest BCUT2D eigenvalue weighted by Crippen LogP contribution is 2.37. The third-order valence-corrected chi connectivity index (χ3v) is 6.48. The van der Waals surface area contributed by atoms with Crippen molar-refractivity contribution in [1.82, 2.24) is 9.80 Å². The predicted molar refractivity (Wildman–Crippen MR) is 112 cm³/mol. The first kappa shape index (κ1) is 19.1. The van der Waals surface area contributed by atoms with Crippen molar-refractivity contribution in [2.45, 2.75) is 0 Å². The van der Waals surface area contributed by atoms with Crippen LogP contribution in [-0.2, 0) is 4.79 Å². The molecule has 3 aromatic rings. The highest BCUT2D eigenvalue weighted by Gasteiger charge is 2.27. The third-order valence-electron chi connectivity index (χ3n) is 4.60. The Morgan fingerprint density at radius 1 is 1.07 bits per heavy atom. The van der Waals surface area contributed by atoms with E-state index in [4.69, 9.17) is 27.6 Å². The van der Waals surface area contributed by atoms with E-state index in [2.05, 4.69) is 0 Å². The smallest absolute Gasteiger partial charge is 0.265 e. The number of hydrogen-bond donors (Lipinski definition) is 0. The van der Waals surface area contributed by atoms with Gasteiger partial charge in [0.1, 0.15) is 10.6 Å². The first-order valence-corrected chi connectivity index (χ1v) is 10.3. The molecule has 144 valence electrons. The number of benzene rings is 1. The molecule has 2 amide bonds. The number of piperazine rings is 1. The van der Waals surface area contributed by atoms with Gasteiger partial charge in [0.05, 0.1) is 11.3 Å². The first-order chi connectivity index (χ1) is 13.5. The number of carbonyl (C=O) groups is 2. The van der Waals surface area contributed by atoms with E-state index in [-0.39, 0.29) is 11.8 Å². The molecule has 0 radical (unpaired) electrons. The zero-order valence-corrected chi connectivity index (χ0v) is 17.1. The minimum atomic E-state index is -0.111. The lowest BCUT2D eigenvalue weighted by Crippen LogP contribution is -2.50. The molecule has 3 heterocycles. The zero-order valence-electron chi connectivity index (χ0n) is 14.7. The number of amides is 2. The van der Waals surface area contributed by atoms with Crippen molar-refractivity contribution in [2.75, 3.05) is 26.2 Å². The third kappa shape index (κ3) is 3.81. The van der Waals surface area contributed by atoms with Crippen LogP contribution in [-0.4, -0.2) is 47.8 Å². The molecule has 1 aromatic carbocycles. The number of furan rings is 1. The molecule has 8 heteroatoms. The molecule has 1 fully saturated rings. The van der Waals surface area contributed by atoms with Gasteiger partial charge in [-0.25, -0.2) is 0 Å². The summed E-state index contributed by atoms with van der Waals surface area (Å²) >= 11 is 13.8. The summed E-state index contributed by atoms with van der Waals surface area (Å²) in [6.07, 6.45) is 4.69. The van der Waals surface area contributed by atoms with Crippen molar-refractivity contribution in [2.24, 2.45) is 0 Å². The molecule has 0 spiro atoms. The monoisotopic (exact) mass is 434 g/mol. The van der Waals surface area contributed by atoms with Gasteiger partial charge in [0, 0.05) is 47.4 Å². The van der Waals surface area contributed by atoms with Crippen molar-refractivity contribution < 1.29 is 14.0 Å². The fourth-order valence-corrected chi connectivity index (χ4v) is 4.85. The number of fused-ring (bicyclic) bond motifs is 1. The predicted octanol–water partition coefficient (Wildman–Crippen LogP) is 4.80. The van der Waals surface area contributed by atoms with Crippen LogP contribution in [0, 0.1) is 0 Å². The molecule has 28 heavy (non-hydrogen) atoms. The minimum absolute atomic E-state index is 0.0990. The van der Waals surface area contributed by atoms with Crippen LogP contribution in [0.25, 0.3) is 16.2 Å². The van der Waals surface area contributed by atoms with Gasteiger partial charge >= 0.3 is 0 Å². The van der Waals surface area contributed by atoms with E-state index in [9.17, 15) is 9.59 Å². The SMILES string of the molecule is O=C(/C=C/c1ccco1)N1CCN(C(=O)c2sc3cc(Cl)ccc3c2Cl)CC1. The standard InChI is InChI=1S/C20H16Cl2N2O3S/c21-13-3-5-15-16(12-13)28-19(18(15)22)20(26)24-9-7-23(8-10-24)17(25)6-4-14-2-1-11-27-14/h1-6,11-12H,7-10H2/b6-4+. The van der Waals surface area contributed by atoms with Crippen molar-refractivity contribution in [3.8, 4) is 0 Å². The number of thiophene rings is 1. The maximum atomic E-state index is 12.9. The molecule has 2 aromatic heterocycles. The summed E-state index contributed by atoms with van der Waals surface area (Å²) in [4.78, 5) is 29.2. The molecule has 1 saturated heterocycles. The van der Waals surface area contributed by atoms with E-state index in [1.165, 1.54) is 17.4 Å². The summed E-state index contributed by atoms with van der Waals surface area (Å²) in [5.74, 6) is 0.417. The van der Waals surface area contributed by atoms with Crippen LogP contribution in [0.3, 0.4) is 0 Å². The molecule has 1 aliphatic rings. The second-order valence-corrected chi connectivity index (χ2v) is 8.22. The average molecular weight is 435 g/mol. The van der Waals surface area contributed by atoms with Crippen LogP contribution in [0.2, 0.25) is 10.0 Å². The molecule has 0 atom stereocenters. The normalized spacial score (nSPS) is 14.9. The summed E-state index contributed by atoms with van der Waals surface area (Å²) in [5, 5.41) is 1.90. The van der Waals surface area contributed by atoms with Crippen LogP contribution in [0.5, 0.6) is 0 Å². The quantitative estimate of drug-likeness (QED) is 0.556. The van der Waals surface area contributed by atoms with Gasteiger partial charge < -0.3 is 14.2 Å². The fourth-order valence-electron chi connectivity index (χ4n) is 3.10. The van der Waals surface area contributed by atoms with E-state index in [0.29, 0.717) is 46.9 Å². The number of carbonyl (C=O) groups excluding carboxylic acids is 2. The van der Waals surface area contributed by atoms with Crippen LogP contribution < -0.4 is 0 Å². The fraction of sp³-hybridized carbons (Fsp3) is 0.200. The number of nitrogens with zero attached hydrogens (tertiary/aromatic N) is 2. The van der Waals surface area contributed by atoms with Gasteiger partial charge in [-0.3, -0.25) is 9.59 Å². The lowest BCUT2D eigenvalue weighted by Gasteiger charge is -2.34. The Kier molecular flexibility index (Phi) is 5.44. The molecule has 5 nitrogen and oxygen atoms in total. The molecule has 0 bridgehead atoms. The molecule has 1 aliphatic heterocycles. The van der Waals surface area contributed by atoms with Crippen LogP contribution >= 0.6 is 34.5 Å². The zero-order chi connectivity index (χ0) is 19.7. The largest absolute Gasteiger partial charge is 0.465 e. The second-order valence-electron chi connectivity index (χ2n) is 6.35. The molecular weight excluding hydrogens is 419 g/mol. The molecule has 0 unspecified atom stereocenters. The van der Waals surface area contributed by atoms with Crippen molar-refractivity contribution in [3.05, 3.63) is 63.4 Å². The second kappa shape index (κ2) is 7.99. The van der Waals surface area contributed by atoms with Crippen molar-refractivity contribution in [1.29, 1.82) is 0 Å². The van der Waals surface area contributed by atoms with Gasteiger partial charge in [-0.1, -0.05) is 29.3 Å². The first-order valence-electron chi connectivity index (χ1n) is 8.70. The Labute approximate surface area is 175 Å². The van der Waals surface area contributed by atoms with Crippen LogP contribution in [0.15, 0.2) is 47.1 Å². The van der Waals surface area contributed by atoms with E-state index >= 15 is 0 Å². The maximum Gasteiger partial charge on any atom is 0.265 e. The van der Waals surface area contributed by atoms with E-state index < -0.39 is 0 Å². The average Bonchev–Trinajstić information content (AvgIpc) is 3.33. The summed E-state index contributed by atoms with van der Waals surface area (Å²) in [7, 11) is 0. The van der Waals surface area contributed by atoms with Crippen LogP contribution in [0.1, 0.15) is 15.4 Å². The maximum absolute atomic E-state index is 12.9. The molecular formula is C20H16Cl2N2O3S. The minimum Gasteiger partial charge on any atom is -0.465 e. The number of halogens is 2. The Morgan fingerprint density at radius 3 is 2.54 bits per heavy atom. The van der Waals surface area contributed by atoms with E-state index in [1.54, 1.807) is 40.3 Å². The summed E-state index contributed by atoms with van der Waals surface area (Å²) in [6, 6.07) is 8.95. The van der Waals surface area contributed by atoms with E-state index in [1.807, 2.05) is 12.1 Å². The summed E-state index contributed by atoms with van der Waals surface area (Å²) < 4.78 is 6.07. The van der Waals surface area contributed by atoms with Crippen molar-refractivity contribution in [3.63, 3.8) is 0 Å². The lowest BCUT2D eigenvalue weighted by molar-refractivity contribution is -0.127. The van der Waals surface area contributed by atoms with Gasteiger partial charge in [0.2, 0.25) is 5.91 Å². The van der Waals surface area contributed by atoms with Crippen LogP contribution in [0.4, 0.5) is 0 Å². The molecule has 0 N–H and O–H groups in total. The summed E-state index contributed by atoms with van der Waals surface area (Å²) in [5.41, 5.74) is 0. The van der Waals surface area contributed by atoms with Gasteiger partial charge in [0.15, 0.2) is 0 Å². The van der Waals surface area contributed by atoms with Gasteiger partial charge in [-0.15, -0.1) is 11.3 Å². The Balaban J connectivity index is 1.41. The summed E-state index contributed by atoms with van der Waals surface area (Å²) in [6.45, 7) is 1.87. The Hall–Kier alpha value is -2.28. The number of rotatable bonds is 3. The molecule has 0 aliphatic carbocycles. The van der Waals surface area contributed by atoms with Gasteiger partial charge in [-0.05, 0) is 30.3 Å². The Morgan fingerprint density at radius 2 is 1.82 bits per heavy atom. The van der Waals surface area contributed by atoms with Crippen molar-refractivity contribution >= 4 is 62.5 Å². The molecule has 0 saturated carbocycles. The van der Waals surface area contributed by atoms with Gasteiger partial charge in [0.25, 0.3) is 5.91 Å². The topological polar surface area (TPSA) is 53.8 Å². The number of hydrogen-bond acceptors (Lipinski definition) is 4. The highest BCUT2D eigenvalue weighted by molar-refractivity contribution is 7.21. The van der Waals surface area contributed by atoms with Gasteiger partial charge in [-0.2, -0.15) is 0 Å². The van der Waals surface area contributed by atoms with E-state index in [0.717, 1.165) is 10.1 Å².